The van der Waals surface area contributed by atoms with Gasteiger partial charge in [0.05, 0.1) is 19.1 Å². The second-order valence-corrected chi connectivity index (χ2v) is 10.8. The zero-order chi connectivity index (χ0) is 24.8. The summed E-state index contributed by atoms with van der Waals surface area (Å²) in [4.78, 5) is 27.5. The van der Waals surface area contributed by atoms with Gasteiger partial charge in [-0.2, -0.15) is 0 Å². The second-order valence-electron chi connectivity index (χ2n) is 7.96. The molecule has 0 saturated carbocycles. The van der Waals surface area contributed by atoms with E-state index in [1.54, 1.807) is 31.2 Å². The van der Waals surface area contributed by atoms with Crippen LogP contribution in [0, 0.1) is 0 Å². The largest absolute Gasteiger partial charge is 0.497 e. The van der Waals surface area contributed by atoms with Crippen molar-refractivity contribution < 1.29 is 22.7 Å². The lowest BCUT2D eigenvalue weighted by Gasteiger charge is -2.32. The van der Waals surface area contributed by atoms with Gasteiger partial charge in [-0.15, -0.1) is 0 Å². The van der Waals surface area contributed by atoms with E-state index in [0.29, 0.717) is 11.4 Å². The maximum atomic E-state index is 13.4. The van der Waals surface area contributed by atoms with Crippen LogP contribution in [0.15, 0.2) is 53.0 Å². The van der Waals surface area contributed by atoms with E-state index < -0.39 is 28.5 Å². The van der Waals surface area contributed by atoms with Crippen LogP contribution >= 0.6 is 15.9 Å². The molecule has 2 rings (SSSR count). The van der Waals surface area contributed by atoms with Crippen LogP contribution in [0.2, 0.25) is 0 Å². The first-order chi connectivity index (χ1) is 15.4. The third kappa shape index (κ3) is 7.75. The molecule has 1 atom stereocenters. The average Bonchev–Trinajstić information content (AvgIpc) is 2.74. The molecule has 8 nitrogen and oxygen atoms in total. The van der Waals surface area contributed by atoms with E-state index in [1.165, 1.54) is 12.0 Å². The molecule has 2 amide bonds. The van der Waals surface area contributed by atoms with Crippen molar-refractivity contribution in [3.63, 3.8) is 0 Å². The summed E-state index contributed by atoms with van der Waals surface area (Å²) in [5.41, 5.74) is 1.13. The van der Waals surface area contributed by atoms with Gasteiger partial charge in [0.2, 0.25) is 21.8 Å². The van der Waals surface area contributed by atoms with Crippen molar-refractivity contribution in [3.8, 4) is 5.75 Å². The molecule has 0 aliphatic carbocycles. The zero-order valence-electron chi connectivity index (χ0n) is 19.4. The molecule has 0 radical (unpaired) electrons. The molecule has 0 saturated heterocycles. The third-order valence-corrected chi connectivity index (χ3v) is 6.51. The molecule has 2 aromatic rings. The Morgan fingerprint density at radius 2 is 1.73 bits per heavy atom. The van der Waals surface area contributed by atoms with Gasteiger partial charge in [-0.25, -0.2) is 8.42 Å². The number of carbonyl (C=O) groups is 2. The van der Waals surface area contributed by atoms with E-state index in [9.17, 15) is 18.0 Å². The Kier molecular flexibility index (Phi) is 9.30. The van der Waals surface area contributed by atoms with Crippen LogP contribution in [0.3, 0.4) is 0 Å². The van der Waals surface area contributed by atoms with E-state index >= 15 is 0 Å². The highest BCUT2D eigenvalue weighted by molar-refractivity contribution is 9.10. The monoisotopic (exact) mass is 539 g/mol. The summed E-state index contributed by atoms with van der Waals surface area (Å²) < 4.78 is 32.1. The highest BCUT2D eigenvalue weighted by Crippen LogP contribution is 2.22. The number of halogens is 1. The summed E-state index contributed by atoms with van der Waals surface area (Å²) in [7, 11) is -2.26. The lowest BCUT2D eigenvalue weighted by Crippen LogP contribution is -2.52. The minimum atomic E-state index is -3.77. The van der Waals surface area contributed by atoms with Gasteiger partial charge in [-0.05, 0) is 62.7 Å². The summed E-state index contributed by atoms with van der Waals surface area (Å²) in [5.74, 6) is -0.250. The van der Waals surface area contributed by atoms with E-state index in [2.05, 4.69) is 21.2 Å². The van der Waals surface area contributed by atoms with Gasteiger partial charge >= 0.3 is 0 Å². The standard InChI is InChI=1S/C23H30BrN3O5S/c1-16(2)25-23(29)17(3)26(14-18-7-6-8-19(24)13-18)22(28)15-27(33(5,30)31)20-9-11-21(32-4)12-10-20/h6-13,16-17H,14-15H2,1-5H3,(H,25,29)/t17-/m1/s1. The van der Waals surface area contributed by atoms with Crippen LogP contribution in [0.4, 0.5) is 5.69 Å². The molecule has 0 aliphatic rings. The van der Waals surface area contributed by atoms with Crippen LogP contribution in [-0.2, 0) is 26.2 Å². The van der Waals surface area contributed by atoms with Gasteiger partial charge < -0.3 is 15.0 Å². The van der Waals surface area contributed by atoms with Crippen molar-refractivity contribution in [1.82, 2.24) is 10.2 Å². The molecule has 0 unspecified atom stereocenters. The number of methoxy groups -OCH3 is 1. The molecule has 0 aliphatic heterocycles. The van der Waals surface area contributed by atoms with Crippen molar-refractivity contribution in [2.24, 2.45) is 0 Å². The Morgan fingerprint density at radius 1 is 1.09 bits per heavy atom. The predicted octanol–water partition coefficient (Wildman–Crippen LogP) is 3.17. The Balaban J connectivity index is 2.38. The van der Waals surface area contributed by atoms with Crippen LogP contribution in [0.1, 0.15) is 26.3 Å². The third-order valence-electron chi connectivity index (χ3n) is 4.88. The fourth-order valence-corrected chi connectivity index (χ4v) is 4.48. The van der Waals surface area contributed by atoms with Gasteiger partial charge in [0.15, 0.2) is 0 Å². The number of nitrogens with one attached hydrogen (secondary N) is 1. The molecular weight excluding hydrogens is 510 g/mol. The Labute approximate surface area is 204 Å². The summed E-state index contributed by atoms with van der Waals surface area (Å²) >= 11 is 3.42. The van der Waals surface area contributed by atoms with Gasteiger partial charge in [0.1, 0.15) is 18.3 Å². The van der Waals surface area contributed by atoms with Crippen molar-refractivity contribution in [1.29, 1.82) is 0 Å². The highest BCUT2D eigenvalue weighted by atomic mass is 79.9. The normalized spacial score (nSPS) is 12.2. The number of amides is 2. The molecule has 0 spiro atoms. The maximum absolute atomic E-state index is 13.4. The van der Waals surface area contributed by atoms with Gasteiger partial charge in [-0.3, -0.25) is 13.9 Å². The number of carbonyl (C=O) groups excluding carboxylic acids is 2. The van der Waals surface area contributed by atoms with E-state index in [-0.39, 0.29) is 18.5 Å². The number of benzene rings is 2. The zero-order valence-corrected chi connectivity index (χ0v) is 21.8. The van der Waals surface area contributed by atoms with E-state index in [1.807, 2.05) is 38.1 Å². The van der Waals surface area contributed by atoms with Gasteiger partial charge in [-0.1, -0.05) is 28.1 Å². The molecule has 0 heterocycles. The van der Waals surface area contributed by atoms with Crippen molar-refractivity contribution in [3.05, 3.63) is 58.6 Å². The van der Waals surface area contributed by atoms with Gasteiger partial charge in [0, 0.05) is 17.1 Å². The van der Waals surface area contributed by atoms with Crippen molar-refractivity contribution in [2.45, 2.75) is 39.4 Å². The van der Waals surface area contributed by atoms with Crippen LogP contribution in [0.5, 0.6) is 5.75 Å². The van der Waals surface area contributed by atoms with E-state index in [4.69, 9.17) is 4.74 Å². The molecule has 0 bridgehead atoms. The van der Waals surface area contributed by atoms with Crippen molar-refractivity contribution >= 4 is 43.5 Å². The summed E-state index contributed by atoms with van der Waals surface area (Å²) in [6, 6.07) is 12.9. The second kappa shape index (κ2) is 11.5. The first-order valence-electron chi connectivity index (χ1n) is 10.4. The number of hydrogen-bond acceptors (Lipinski definition) is 5. The molecular formula is C23H30BrN3O5S. The highest BCUT2D eigenvalue weighted by Gasteiger charge is 2.30. The van der Waals surface area contributed by atoms with E-state index in [0.717, 1.165) is 20.6 Å². The number of anilines is 1. The number of sulfonamides is 1. The topological polar surface area (TPSA) is 96.0 Å². The van der Waals surface area contributed by atoms with Gasteiger partial charge in [0.25, 0.3) is 0 Å². The minimum Gasteiger partial charge on any atom is -0.497 e. The number of rotatable bonds is 10. The minimum absolute atomic E-state index is 0.102. The van der Waals surface area contributed by atoms with Crippen molar-refractivity contribution in [2.75, 3.05) is 24.2 Å². The number of nitrogens with zero attached hydrogens (tertiary/aromatic N) is 2. The summed E-state index contributed by atoms with van der Waals surface area (Å²) in [6.45, 7) is 5.00. The predicted molar refractivity (Wildman–Crippen MR) is 133 cm³/mol. The fraction of sp³-hybridized carbons (Fsp3) is 0.391. The lowest BCUT2D eigenvalue weighted by molar-refractivity contribution is -0.139. The quantitative estimate of drug-likeness (QED) is 0.500. The smallest absolute Gasteiger partial charge is 0.244 e. The SMILES string of the molecule is COc1ccc(N(CC(=O)N(Cc2cccc(Br)c2)[C@H](C)C(=O)NC(C)C)S(C)(=O)=O)cc1. The maximum Gasteiger partial charge on any atom is 0.244 e. The Hall–Kier alpha value is -2.59. The average molecular weight is 540 g/mol. The molecule has 33 heavy (non-hydrogen) atoms. The summed E-state index contributed by atoms with van der Waals surface area (Å²) in [5, 5.41) is 2.82. The molecule has 180 valence electrons. The molecule has 0 aromatic heterocycles. The first kappa shape index (κ1) is 26.7. The first-order valence-corrected chi connectivity index (χ1v) is 13.0. The molecule has 0 fully saturated rings. The molecule has 2 aromatic carbocycles. The fourth-order valence-electron chi connectivity index (χ4n) is 3.18. The van der Waals surface area contributed by atoms with Crippen LogP contribution in [-0.4, -0.2) is 57.1 Å². The lowest BCUT2D eigenvalue weighted by atomic mass is 10.1. The number of hydrogen-bond donors (Lipinski definition) is 1. The Bertz CT molecular complexity index is 1070. The summed E-state index contributed by atoms with van der Waals surface area (Å²) in [6.07, 6.45) is 1.04. The molecule has 10 heteroatoms. The van der Waals surface area contributed by atoms with Crippen LogP contribution in [0.25, 0.3) is 0 Å². The molecule has 1 N–H and O–H groups in total. The van der Waals surface area contributed by atoms with Crippen LogP contribution < -0.4 is 14.4 Å². The Morgan fingerprint density at radius 3 is 2.24 bits per heavy atom. The number of ether oxygens (including phenoxy) is 1.